The number of nitrogens with zero attached hydrogens (tertiary/aromatic N) is 1. The van der Waals surface area contributed by atoms with Gasteiger partial charge in [-0.05, 0) is 38.2 Å². The third-order valence-electron chi connectivity index (χ3n) is 2.28. The first-order chi connectivity index (χ1) is 7.95. The molecule has 0 fully saturated rings. The zero-order valence-corrected chi connectivity index (χ0v) is 10.8. The van der Waals surface area contributed by atoms with Gasteiger partial charge in [-0.1, -0.05) is 6.07 Å². The van der Waals surface area contributed by atoms with Crippen LogP contribution in [0.25, 0.3) is 0 Å². The summed E-state index contributed by atoms with van der Waals surface area (Å²) in [6.45, 7) is 1.05. The molecule has 1 aromatic carbocycles. The fourth-order valence-corrected chi connectivity index (χ4v) is 2.47. The van der Waals surface area contributed by atoms with Gasteiger partial charge in [-0.25, -0.2) is 12.8 Å². The van der Waals surface area contributed by atoms with Crippen molar-refractivity contribution in [2.75, 3.05) is 30.7 Å². The molecule has 17 heavy (non-hydrogen) atoms. The number of benzene rings is 1. The van der Waals surface area contributed by atoms with E-state index in [2.05, 4.69) is 5.32 Å². The van der Waals surface area contributed by atoms with Gasteiger partial charge in [0.05, 0.1) is 11.9 Å². The number of hydrogen-bond acceptors (Lipinski definition) is 3. The van der Waals surface area contributed by atoms with E-state index >= 15 is 0 Å². The van der Waals surface area contributed by atoms with Crippen molar-refractivity contribution < 1.29 is 12.8 Å². The maximum atomic E-state index is 13.1. The van der Waals surface area contributed by atoms with Gasteiger partial charge in [-0.2, -0.15) is 0 Å². The summed E-state index contributed by atoms with van der Waals surface area (Å²) in [5.74, 6) is -0.440. The second-order valence-electron chi connectivity index (χ2n) is 3.77. The monoisotopic (exact) mass is 260 g/mol. The summed E-state index contributed by atoms with van der Waals surface area (Å²) in [5.41, 5.74) is 0.364. The van der Waals surface area contributed by atoms with E-state index < -0.39 is 15.8 Å². The lowest BCUT2D eigenvalue weighted by molar-refractivity contribution is 0.593. The summed E-state index contributed by atoms with van der Waals surface area (Å²) >= 11 is 0. The first-order valence-electron chi connectivity index (χ1n) is 5.33. The Morgan fingerprint density at radius 3 is 2.65 bits per heavy atom. The van der Waals surface area contributed by atoms with Gasteiger partial charge >= 0.3 is 0 Å². The molecule has 0 saturated carbocycles. The molecule has 0 aliphatic heterocycles. The summed E-state index contributed by atoms with van der Waals surface area (Å²) in [7, 11) is -1.58. The minimum atomic E-state index is -3.38. The average molecular weight is 260 g/mol. The van der Waals surface area contributed by atoms with Gasteiger partial charge in [0.2, 0.25) is 10.0 Å². The molecule has 6 heteroatoms. The average Bonchev–Trinajstić information content (AvgIpc) is 2.22. The van der Waals surface area contributed by atoms with Crippen LogP contribution in [0.5, 0.6) is 0 Å². The molecule has 0 heterocycles. The van der Waals surface area contributed by atoms with Gasteiger partial charge in [0.25, 0.3) is 0 Å². The van der Waals surface area contributed by atoms with E-state index in [0.29, 0.717) is 25.2 Å². The quantitative estimate of drug-likeness (QED) is 0.782. The number of halogens is 1. The lowest BCUT2D eigenvalue weighted by atomic mass is 10.3. The smallest absolute Gasteiger partial charge is 0.232 e. The molecule has 0 aliphatic carbocycles. The Hall–Kier alpha value is -1.14. The highest BCUT2D eigenvalue weighted by atomic mass is 32.2. The van der Waals surface area contributed by atoms with Crippen molar-refractivity contribution in [3.63, 3.8) is 0 Å². The lowest BCUT2D eigenvalue weighted by Gasteiger charge is -2.22. The van der Waals surface area contributed by atoms with E-state index in [4.69, 9.17) is 0 Å². The molecule has 4 nitrogen and oxygen atoms in total. The molecule has 0 atom stereocenters. The van der Waals surface area contributed by atoms with Gasteiger partial charge in [-0.3, -0.25) is 4.31 Å². The highest BCUT2D eigenvalue weighted by molar-refractivity contribution is 7.92. The van der Waals surface area contributed by atoms with Gasteiger partial charge in [0, 0.05) is 6.54 Å². The number of anilines is 1. The molecule has 0 aliphatic rings. The fourth-order valence-electron chi connectivity index (χ4n) is 1.52. The number of sulfonamides is 1. The van der Waals surface area contributed by atoms with Crippen molar-refractivity contribution in [2.45, 2.75) is 6.42 Å². The van der Waals surface area contributed by atoms with Crippen molar-refractivity contribution in [1.82, 2.24) is 5.32 Å². The SMILES string of the molecule is CNCCCN(c1cccc(F)c1)S(C)(=O)=O. The van der Waals surface area contributed by atoms with E-state index in [9.17, 15) is 12.8 Å². The zero-order valence-electron chi connectivity index (χ0n) is 9.98. The normalized spacial score (nSPS) is 11.5. The molecule has 1 rings (SSSR count). The topological polar surface area (TPSA) is 49.4 Å². The molecule has 1 aromatic rings. The van der Waals surface area contributed by atoms with Crippen LogP contribution in [-0.2, 0) is 10.0 Å². The first-order valence-corrected chi connectivity index (χ1v) is 7.18. The van der Waals surface area contributed by atoms with Crippen LogP contribution in [0.2, 0.25) is 0 Å². The maximum absolute atomic E-state index is 13.1. The molecule has 0 spiro atoms. The summed E-state index contributed by atoms with van der Waals surface area (Å²) in [6.07, 6.45) is 1.79. The van der Waals surface area contributed by atoms with E-state index in [1.807, 2.05) is 0 Å². The second kappa shape index (κ2) is 5.97. The van der Waals surface area contributed by atoms with Gasteiger partial charge < -0.3 is 5.32 Å². The molecule has 0 bridgehead atoms. The third kappa shape index (κ3) is 4.32. The minimum absolute atomic E-state index is 0.336. The fraction of sp³-hybridized carbons (Fsp3) is 0.455. The summed E-state index contributed by atoms with van der Waals surface area (Å²) in [5, 5.41) is 2.94. The Morgan fingerprint density at radius 1 is 1.41 bits per heavy atom. The molecule has 0 unspecified atom stereocenters. The van der Waals surface area contributed by atoms with Crippen molar-refractivity contribution in [1.29, 1.82) is 0 Å². The van der Waals surface area contributed by atoms with Crippen molar-refractivity contribution in [2.24, 2.45) is 0 Å². The van der Waals surface area contributed by atoms with Crippen LogP contribution in [0.15, 0.2) is 24.3 Å². The van der Waals surface area contributed by atoms with E-state index in [0.717, 1.165) is 6.26 Å². The van der Waals surface area contributed by atoms with Gasteiger partial charge in [0.15, 0.2) is 0 Å². The standard InChI is InChI=1S/C11H17FN2O2S/c1-13-7-4-8-14(17(2,15)16)11-6-3-5-10(12)9-11/h3,5-6,9,13H,4,7-8H2,1-2H3. The van der Waals surface area contributed by atoms with Crippen LogP contribution in [0, 0.1) is 5.82 Å². The molecular weight excluding hydrogens is 243 g/mol. The Labute approximate surface area is 101 Å². The molecule has 1 N–H and O–H groups in total. The van der Waals surface area contributed by atoms with E-state index in [-0.39, 0.29) is 0 Å². The number of rotatable bonds is 6. The van der Waals surface area contributed by atoms with E-state index in [1.54, 1.807) is 13.1 Å². The first kappa shape index (κ1) is 13.9. The van der Waals surface area contributed by atoms with Crippen LogP contribution in [0.1, 0.15) is 6.42 Å². The molecule has 0 radical (unpaired) electrons. The number of hydrogen-bond donors (Lipinski definition) is 1. The van der Waals surface area contributed by atoms with Crippen LogP contribution in [0.4, 0.5) is 10.1 Å². The molecule has 0 saturated heterocycles. The third-order valence-corrected chi connectivity index (χ3v) is 3.48. The van der Waals surface area contributed by atoms with Gasteiger partial charge in [-0.15, -0.1) is 0 Å². The lowest BCUT2D eigenvalue weighted by Crippen LogP contribution is -2.32. The summed E-state index contributed by atoms with van der Waals surface area (Å²) < 4.78 is 37.5. The second-order valence-corrected chi connectivity index (χ2v) is 5.68. The Bertz CT molecular complexity index is 462. The Kier molecular flexibility index (Phi) is 4.89. The van der Waals surface area contributed by atoms with Crippen molar-refractivity contribution in [3.05, 3.63) is 30.1 Å². The Balaban J connectivity index is 2.91. The molecule has 0 aromatic heterocycles. The van der Waals surface area contributed by atoms with Crippen molar-refractivity contribution >= 4 is 15.7 Å². The molecule has 96 valence electrons. The zero-order chi connectivity index (χ0) is 12.9. The Morgan fingerprint density at radius 2 is 2.12 bits per heavy atom. The summed E-state index contributed by atoms with van der Waals surface area (Å²) in [6, 6.07) is 5.60. The minimum Gasteiger partial charge on any atom is -0.320 e. The summed E-state index contributed by atoms with van der Waals surface area (Å²) in [4.78, 5) is 0. The van der Waals surface area contributed by atoms with Crippen molar-refractivity contribution in [3.8, 4) is 0 Å². The highest BCUT2D eigenvalue weighted by Gasteiger charge is 2.16. The van der Waals surface area contributed by atoms with Crippen LogP contribution >= 0.6 is 0 Å². The predicted molar refractivity (Wildman–Crippen MR) is 67.1 cm³/mol. The maximum Gasteiger partial charge on any atom is 0.232 e. The largest absolute Gasteiger partial charge is 0.320 e. The van der Waals surface area contributed by atoms with Crippen LogP contribution in [0.3, 0.4) is 0 Å². The highest BCUT2D eigenvalue weighted by Crippen LogP contribution is 2.18. The molecule has 0 amide bonds. The van der Waals surface area contributed by atoms with Crippen LogP contribution in [-0.4, -0.2) is 34.8 Å². The van der Waals surface area contributed by atoms with Crippen LogP contribution < -0.4 is 9.62 Å². The predicted octanol–water partition coefficient (Wildman–Crippen LogP) is 1.20. The number of nitrogens with one attached hydrogen (secondary N) is 1. The van der Waals surface area contributed by atoms with Gasteiger partial charge in [0.1, 0.15) is 5.82 Å². The van der Waals surface area contributed by atoms with E-state index in [1.165, 1.54) is 22.5 Å². The molecular formula is C11H17FN2O2S.